The van der Waals surface area contributed by atoms with Crippen molar-refractivity contribution < 1.29 is 10.2 Å². The predicted molar refractivity (Wildman–Crippen MR) is 113 cm³/mol. The predicted octanol–water partition coefficient (Wildman–Crippen LogP) is 2.48. The zero-order chi connectivity index (χ0) is 18.7. The Bertz CT molecular complexity index is 935. The van der Waals surface area contributed by atoms with E-state index in [1.807, 2.05) is 60.7 Å². The van der Waals surface area contributed by atoms with E-state index >= 15 is 0 Å². The van der Waals surface area contributed by atoms with E-state index in [0.29, 0.717) is 0 Å². The lowest BCUT2D eigenvalue weighted by atomic mass is 9.13. The number of rotatable bonds is 4. The number of phenolic OH excluding ortho intramolecular Hbond substituents is 2. The Morgan fingerprint density at radius 2 is 0.889 bits per heavy atom. The minimum atomic E-state index is -1.62. The highest BCUT2D eigenvalue weighted by Crippen LogP contribution is 2.20. The van der Waals surface area contributed by atoms with Crippen LogP contribution in [0.15, 0.2) is 109 Å². The van der Waals surface area contributed by atoms with Crippen molar-refractivity contribution >= 4 is 28.0 Å². The van der Waals surface area contributed by atoms with E-state index < -0.39 is 6.15 Å². The van der Waals surface area contributed by atoms with E-state index in [-0.39, 0.29) is 11.5 Å². The van der Waals surface area contributed by atoms with Crippen LogP contribution < -0.4 is 21.9 Å². The van der Waals surface area contributed by atoms with Gasteiger partial charge in [0.2, 0.25) is 0 Å². The fourth-order valence-corrected chi connectivity index (χ4v) is 4.24. The zero-order valence-electron chi connectivity index (χ0n) is 14.9. The maximum atomic E-state index is 10.9. The van der Waals surface area contributed by atoms with E-state index in [0.717, 1.165) is 21.9 Å². The lowest BCUT2D eigenvalue weighted by Gasteiger charge is -2.44. The quantitative estimate of drug-likeness (QED) is 0.555. The summed E-state index contributed by atoms with van der Waals surface area (Å²) in [5.41, 5.74) is 4.11. The van der Waals surface area contributed by atoms with Crippen LogP contribution in [-0.2, 0) is 0 Å². The fourth-order valence-electron chi connectivity index (χ4n) is 4.24. The monoisotopic (exact) mass is 351 g/mol. The van der Waals surface area contributed by atoms with Crippen LogP contribution in [0, 0.1) is 0 Å². The summed E-state index contributed by atoms with van der Waals surface area (Å²) in [7, 11) is 0. The molecule has 4 aromatic rings. The maximum absolute atomic E-state index is 10.9. The molecule has 0 radical (unpaired) electrons. The van der Waals surface area contributed by atoms with Gasteiger partial charge in [-0.15, -0.1) is 0 Å². The number of aromatic hydroxyl groups is 2. The summed E-state index contributed by atoms with van der Waals surface area (Å²) in [6, 6.07) is 35.6. The Morgan fingerprint density at radius 3 is 1.26 bits per heavy atom. The molecule has 0 saturated carbocycles. The van der Waals surface area contributed by atoms with Gasteiger partial charge in [0.25, 0.3) is 0 Å². The molecule has 0 bridgehead atoms. The van der Waals surface area contributed by atoms with Crippen LogP contribution in [0.1, 0.15) is 0 Å². The van der Waals surface area contributed by atoms with Gasteiger partial charge in [-0.05, 0) is 6.07 Å². The lowest BCUT2D eigenvalue weighted by molar-refractivity contribution is 0.453. The van der Waals surface area contributed by atoms with Crippen LogP contribution in [0.4, 0.5) is 0 Å². The van der Waals surface area contributed by atoms with Gasteiger partial charge in [-0.1, -0.05) is 97.1 Å². The molecule has 0 saturated heterocycles. The second-order valence-corrected chi connectivity index (χ2v) is 6.84. The summed E-state index contributed by atoms with van der Waals surface area (Å²) in [5.74, 6) is 0.140. The molecule has 132 valence electrons. The number of hydrogen-bond acceptors (Lipinski definition) is 2. The first-order valence-corrected chi connectivity index (χ1v) is 9.07. The van der Waals surface area contributed by atoms with Gasteiger partial charge in [0, 0.05) is 6.07 Å². The van der Waals surface area contributed by atoms with Gasteiger partial charge in [-0.2, -0.15) is 21.9 Å². The van der Waals surface area contributed by atoms with Crippen LogP contribution in [0.3, 0.4) is 0 Å². The van der Waals surface area contributed by atoms with Crippen LogP contribution >= 0.6 is 0 Å². The van der Waals surface area contributed by atoms with Crippen molar-refractivity contribution in [3.05, 3.63) is 109 Å². The van der Waals surface area contributed by atoms with Gasteiger partial charge in [0.15, 0.2) is 0 Å². The molecule has 0 fully saturated rings. The molecule has 0 aliphatic rings. The Hall–Kier alpha value is -3.46. The summed E-state index contributed by atoms with van der Waals surface area (Å²) in [6.45, 7) is 0. The summed E-state index contributed by atoms with van der Waals surface area (Å²) in [5, 5.41) is 20.7. The first kappa shape index (κ1) is 17.0. The minimum absolute atomic E-state index is 0.0511. The van der Waals surface area contributed by atoms with E-state index in [1.165, 1.54) is 6.07 Å². The smallest absolute Gasteiger partial charge is 0.119 e. The highest BCUT2D eigenvalue weighted by Gasteiger charge is 2.33. The van der Waals surface area contributed by atoms with Gasteiger partial charge in [-0.3, -0.25) is 0 Å². The second kappa shape index (κ2) is 7.04. The van der Waals surface area contributed by atoms with E-state index in [9.17, 15) is 10.2 Å². The summed E-state index contributed by atoms with van der Waals surface area (Å²) < 4.78 is 0. The normalized spacial score (nSPS) is 11.3. The Balaban J connectivity index is 2.16. The molecule has 0 aliphatic heterocycles. The molecule has 0 aromatic heterocycles. The van der Waals surface area contributed by atoms with Crippen LogP contribution in [0.5, 0.6) is 11.5 Å². The molecular formula is C24H20BO2-. The molecule has 0 spiro atoms. The largest absolute Gasteiger partial charge is 0.511 e. The van der Waals surface area contributed by atoms with Crippen molar-refractivity contribution in [2.24, 2.45) is 0 Å². The van der Waals surface area contributed by atoms with Gasteiger partial charge >= 0.3 is 0 Å². The molecular weight excluding hydrogens is 331 g/mol. The number of phenols is 2. The van der Waals surface area contributed by atoms with Crippen molar-refractivity contribution in [1.29, 1.82) is 0 Å². The van der Waals surface area contributed by atoms with Gasteiger partial charge < -0.3 is 10.2 Å². The first-order valence-electron chi connectivity index (χ1n) is 9.07. The second-order valence-electron chi connectivity index (χ2n) is 6.84. The van der Waals surface area contributed by atoms with Crippen molar-refractivity contribution in [2.45, 2.75) is 0 Å². The van der Waals surface area contributed by atoms with Crippen LogP contribution in [0.2, 0.25) is 0 Å². The van der Waals surface area contributed by atoms with E-state index in [4.69, 9.17) is 0 Å². The molecule has 27 heavy (non-hydrogen) atoms. The summed E-state index contributed by atoms with van der Waals surface area (Å²) >= 11 is 0. The van der Waals surface area contributed by atoms with Crippen LogP contribution in [-0.4, -0.2) is 16.4 Å². The topological polar surface area (TPSA) is 40.5 Å². The molecule has 0 amide bonds. The molecule has 0 heterocycles. The molecule has 4 rings (SSSR count). The van der Waals surface area contributed by atoms with Gasteiger partial charge in [0.05, 0.1) is 5.75 Å². The van der Waals surface area contributed by atoms with Crippen molar-refractivity contribution in [2.75, 3.05) is 0 Å². The molecule has 0 unspecified atom stereocenters. The SMILES string of the molecule is Oc1ccc([B-](c2ccccc2)(c2ccccc2)c2ccccc2)c(O)c1. The van der Waals surface area contributed by atoms with Crippen molar-refractivity contribution in [3.8, 4) is 11.5 Å². The molecule has 4 aromatic carbocycles. The lowest BCUT2D eigenvalue weighted by Crippen LogP contribution is -2.74. The molecule has 0 atom stereocenters. The average Bonchev–Trinajstić information content (AvgIpc) is 2.72. The van der Waals surface area contributed by atoms with E-state index in [2.05, 4.69) is 36.4 Å². The molecule has 3 heteroatoms. The fraction of sp³-hybridized carbons (Fsp3) is 0. The Morgan fingerprint density at radius 1 is 0.481 bits per heavy atom. The average molecular weight is 351 g/mol. The molecule has 2 N–H and O–H groups in total. The Kier molecular flexibility index (Phi) is 4.43. The van der Waals surface area contributed by atoms with Crippen molar-refractivity contribution in [1.82, 2.24) is 0 Å². The number of hydrogen-bond donors (Lipinski definition) is 2. The van der Waals surface area contributed by atoms with Crippen molar-refractivity contribution in [3.63, 3.8) is 0 Å². The van der Waals surface area contributed by atoms with Gasteiger partial charge in [-0.25, -0.2) is 0 Å². The third-order valence-electron chi connectivity index (χ3n) is 5.38. The van der Waals surface area contributed by atoms with Gasteiger partial charge in [0.1, 0.15) is 11.9 Å². The third kappa shape index (κ3) is 2.87. The summed E-state index contributed by atoms with van der Waals surface area (Å²) in [4.78, 5) is 0. The minimum Gasteiger partial charge on any atom is -0.511 e. The zero-order valence-corrected chi connectivity index (χ0v) is 14.9. The molecule has 2 nitrogen and oxygen atoms in total. The highest BCUT2D eigenvalue weighted by atomic mass is 16.3. The first-order chi connectivity index (χ1) is 13.2. The van der Waals surface area contributed by atoms with Crippen LogP contribution in [0.25, 0.3) is 0 Å². The van der Waals surface area contributed by atoms with E-state index in [1.54, 1.807) is 6.07 Å². The standard InChI is InChI=1S/C24H20BO2/c26-22-16-17-23(24(27)18-22)25(19-10-4-1-5-11-19,20-12-6-2-7-13-20)21-14-8-3-9-15-21/h1-18,26-27H/q-1. The number of benzene rings is 4. The maximum Gasteiger partial charge on any atom is 0.119 e. The molecule has 0 aliphatic carbocycles. The third-order valence-corrected chi connectivity index (χ3v) is 5.38. The summed E-state index contributed by atoms with van der Waals surface area (Å²) in [6.07, 6.45) is -1.62. The highest BCUT2D eigenvalue weighted by molar-refractivity contribution is 7.20. The Labute approximate surface area is 159 Å².